The average Bonchev–Trinajstić information content (AvgIpc) is 2.39. The second kappa shape index (κ2) is 6.37. The Bertz CT molecular complexity index is 646. The van der Waals surface area contributed by atoms with E-state index in [0.29, 0.717) is 5.56 Å². The number of rotatable bonds is 3. The Balaban J connectivity index is 2.33. The van der Waals surface area contributed by atoms with Crippen molar-refractivity contribution in [2.75, 3.05) is 0 Å². The van der Waals surface area contributed by atoms with Crippen molar-refractivity contribution in [3.8, 4) is 5.75 Å². The summed E-state index contributed by atoms with van der Waals surface area (Å²) in [5.74, 6) is -0.290. The van der Waals surface area contributed by atoms with Crippen LogP contribution in [0.4, 0.5) is 13.2 Å². The summed E-state index contributed by atoms with van der Waals surface area (Å²) in [5.41, 5.74) is 7.41. The maximum absolute atomic E-state index is 12.2. The second-order valence-electron chi connectivity index (χ2n) is 4.26. The second-order valence-corrected chi connectivity index (χ2v) is 6.03. The monoisotopic (exact) mass is 423 g/mol. The highest BCUT2D eigenvalue weighted by atomic mass is 79.9. The molecule has 112 valence electrons. The smallest absolute Gasteiger partial charge is 0.406 e. The van der Waals surface area contributed by atoms with Crippen molar-refractivity contribution in [2.24, 2.45) is 5.73 Å². The first-order valence-corrected chi connectivity index (χ1v) is 7.41. The fraction of sp³-hybridized carbons (Fsp3) is 0.143. The van der Waals surface area contributed by atoms with Crippen LogP contribution in [0.15, 0.2) is 51.4 Å². The van der Waals surface area contributed by atoms with Crippen molar-refractivity contribution in [3.05, 3.63) is 62.5 Å². The third kappa shape index (κ3) is 4.46. The molecule has 0 amide bonds. The fourth-order valence-electron chi connectivity index (χ4n) is 1.84. The molecule has 2 rings (SSSR count). The molecule has 2 aromatic carbocycles. The lowest BCUT2D eigenvalue weighted by atomic mass is 9.99. The zero-order valence-corrected chi connectivity index (χ0v) is 13.7. The van der Waals surface area contributed by atoms with Gasteiger partial charge in [0.2, 0.25) is 0 Å². The minimum absolute atomic E-state index is 0.290. The fourth-order valence-corrected chi connectivity index (χ4v) is 2.71. The average molecular weight is 425 g/mol. The highest BCUT2D eigenvalue weighted by Crippen LogP contribution is 2.32. The van der Waals surface area contributed by atoms with Crippen molar-refractivity contribution in [3.63, 3.8) is 0 Å². The first-order chi connectivity index (χ1) is 9.76. The number of nitrogens with two attached hydrogens (primary N) is 1. The van der Waals surface area contributed by atoms with Gasteiger partial charge in [-0.05, 0) is 41.5 Å². The molecule has 2 nitrogen and oxygen atoms in total. The summed E-state index contributed by atoms with van der Waals surface area (Å²) >= 11 is 6.73. The topological polar surface area (TPSA) is 35.2 Å². The van der Waals surface area contributed by atoms with E-state index in [0.717, 1.165) is 14.5 Å². The van der Waals surface area contributed by atoms with Gasteiger partial charge < -0.3 is 10.5 Å². The van der Waals surface area contributed by atoms with Crippen LogP contribution in [0.1, 0.15) is 17.2 Å². The van der Waals surface area contributed by atoms with Gasteiger partial charge in [0.25, 0.3) is 0 Å². The largest absolute Gasteiger partial charge is 0.573 e. The number of hydrogen-bond donors (Lipinski definition) is 1. The zero-order chi connectivity index (χ0) is 15.6. The lowest BCUT2D eigenvalue weighted by molar-refractivity contribution is -0.274. The van der Waals surface area contributed by atoms with Crippen LogP contribution in [-0.4, -0.2) is 6.36 Å². The number of hydrogen-bond acceptors (Lipinski definition) is 2. The minimum atomic E-state index is -4.72. The SMILES string of the molecule is NC(c1cccc(OC(F)(F)F)c1)c1cc(Br)ccc1Br. The summed E-state index contributed by atoms with van der Waals surface area (Å²) < 4.78 is 42.3. The summed E-state index contributed by atoms with van der Waals surface area (Å²) in [7, 11) is 0. The Kier molecular flexibility index (Phi) is 4.95. The Labute approximate surface area is 136 Å². The number of halogens is 5. The van der Waals surface area contributed by atoms with Gasteiger partial charge in [0.15, 0.2) is 0 Å². The lowest BCUT2D eigenvalue weighted by Gasteiger charge is -2.16. The molecule has 1 unspecified atom stereocenters. The maximum Gasteiger partial charge on any atom is 0.573 e. The van der Waals surface area contributed by atoms with Crippen LogP contribution in [0.2, 0.25) is 0 Å². The van der Waals surface area contributed by atoms with Gasteiger partial charge in [0.05, 0.1) is 6.04 Å². The van der Waals surface area contributed by atoms with Crippen LogP contribution in [0.3, 0.4) is 0 Å². The predicted molar refractivity (Wildman–Crippen MR) is 81.0 cm³/mol. The van der Waals surface area contributed by atoms with Crippen LogP contribution < -0.4 is 10.5 Å². The Morgan fingerprint density at radius 3 is 2.43 bits per heavy atom. The minimum Gasteiger partial charge on any atom is -0.406 e. The van der Waals surface area contributed by atoms with Gasteiger partial charge in [0, 0.05) is 8.95 Å². The summed E-state index contributed by atoms with van der Waals surface area (Å²) in [6.45, 7) is 0. The van der Waals surface area contributed by atoms with Gasteiger partial charge in [-0.25, -0.2) is 0 Å². The van der Waals surface area contributed by atoms with E-state index in [2.05, 4.69) is 36.6 Å². The van der Waals surface area contributed by atoms with Crippen LogP contribution in [0.25, 0.3) is 0 Å². The summed E-state index contributed by atoms with van der Waals surface area (Å²) in [6.07, 6.45) is -4.72. The Hall–Kier alpha value is -1.05. The number of ether oxygens (including phenoxy) is 1. The molecule has 0 saturated carbocycles. The molecule has 2 N–H and O–H groups in total. The molecule has 0 bridgehead atoms. The van der Waals surface area contributed by atoms with Crippen molar-refractivity contribution in [2.45, 2.75) is 12.4 Å². The van der Waals surface area contributed by atoms with E-state index in [1.807, 2.05) is 18.2 Å². The maximum atomic E-state index is 12.2. The van der Waals surface area contributed by atoms with Crippen molar-refractivity contribution < 1.29 is 17.9 Å². The van der Waals surface area contributed by atoms with E-state index in [9.17, 15) is 13.2 Å². The molecule has 7 heteroatoms. The molecular weight excluding hydrogens is 415 g/mol. The van der Waals surface area contributed by atoms with E-state index in [1.54, 1.807) is 6.07 Å². The molecule has 1 atom stereocenters. The molecule has 0 aromatic heterocycles. The molecule has 0 heterocycles. The summed E-state index contributed by atoms with van der Waals surface area (Å²) in [5, 5.41) is 0. The van der Waals surface area contributed by atoms with E-state index in [-0.39, 0.29) is 5.75 Å². The van der Waals surface area contributed by atoms with Crippen LogP contribution in [-0.2, 0) is 0 Å². The molecule has 0 spiro atoms. The molecule has 0 aliphatic carbocycles. The summed E-state index contributed by atoms with van der Waals surface area (Å²) in [4.78, 5) is 0. The van der Waals surface area contributed by atoms with Crippen LogP contribution in [0.5, 0.6) is 5.75 Å². The third-order valence-electron chi connectivity index (χ3n) is 2.74. The van der Waals surface area contributed by atoms with Gasteiger partial charge in [-0.2, -0.15) is 0 Å². The molecule has 0 fully saturated rings. The quantitative estimate of drug-likeness (QED) is 0.738. The molecule has 0 saturated heterocycles. The molecule has 0 radical (unpaired) electrons. The normalized spacial score (nSPS) is 13.0. The Morgan fingerprint density at radius 1 is 1.05 bits per heavy atom. The highest BCUT2D eigenvalue weighted by Gasteiger charge is 2.31. The predicted octanol–water partition coefficient (Wildman–Crippen LogP) is 5.16. The van der Waals surface area contributed by atoms with Crippen molar-refractivity contribution in [1.29, 1.82) is 0 Å². The molecule has 0 aliphatic rings. The van der Waals surface area contributed by atoms with Gasteiger partial charge in [-0.15, -0.1) is 13.2 Å². The number of alkyl halides is 3. The first-order valence-electron chi connectivity index (χ1n) is 5.82. The Morgan fingerprint density at radius 2 is 1.76 bits per heavy atom. The van der Waals surface area contributed by atoms with Gasteiger partial charge >= 0.3 is 6.36 Å². The van der Waals surface area contributed by atoms with Gasteiger partial charge in [0.1, 0.15) is 5.75 Å². The zero-order valence-electron chi connectivity index (χ0n) is 10.5. The van der Waals surface area contributed by atoms with Gasteiger partial charge in [-0.1, -0.05) is 44.0 Å². The highest BCUT2D eigenvalue weighted by molar-refractivity contribution is 9.11. The number of benzene rings is 2. The summed E-state index contributed by atoms with van der Waals surface area (Å²) in [6, 6.07) is 10.5. The van der Waals surface area contributed by atoms with Crippen LogP contribution >= 0.6 is 31.9 Å². The molecule has 0 aliphatic heterocycles. The van der Waals surface area contributed by atoms with E-state index < -0.39 is 12.4 Å². The molecule has 21 heavy (non-hydrogen) atoms. The van der Waals surface area contributed by atoms with Crippen molar-refractivity contribution >= 4 is 31.9 Å². The lowest BCUT2D eigenvalue weighted by Crippen LogP contribution is -2.18. The molecular formula is C14H10Br2F3NO. The van der Waals surface area contributed by atoms with Crippen LogP contribution in [0, 0.1) is 0 Å². The van der Waals surface area contributed by atoms with E-state index in [4.69, 9.17) is 5.73 Å². The van der Waals surface area contributed by atoms with E-state index >= 15 is 0 Å². The van der Waals surface area contributed by atoms with Crippen molar-refractivity contribution in [1.82, 2.24) is 0 Å². The third-order valence-corrected chi connectivity index (χ3v) is 3.96. The standard InChI is InChI=1S/C14H10Br2F3NO/c15-9-4-5-12(16)11(7-9)13(20)8-2-1-3-10(6-8)21-14(17,18)19/h1-7,13H,20H2. The molecule has 2 aromatic rings. The van der Waals surface area contributed by atoms with Gasteiger partial charge in [-0.3, -0.25) is 0 Å². The van der Waals surface area contributed by atoms with E-state index in [1.165, 1.54) is 18.2 Å². The first kappa shape index (κ1) is 16.3.